The molecule has 1 unspecified atom stereocenters. The number of terminal acetylenes is 1. The number of rotatable bonds is 1. The van der Waals surface area contributed by atoms with Gasteiger partial charge in [-0.15, -0.1) is 6.42 Å². The predicted octanol–water partition coefficient (Wildman–Crippen LogP) is 0.0759. The van der Waals surface area contributed by atoms with Gasteiger partial charge in [0.2, 0.25) is 0 Å². The van der Waals surface area contributed by atoms with E-state index < -0.39 is 0 Å². The van der Waals surface area contributed by atoms with Crippen molar-refractivity contribution in [3.8, 4) is 12.3 Å². The van der Waals surface area contributed by atoms with Gasteiger partial charge >= 0.3 is 0 Å². The lowest BCUT2D eigenvalue weighted by Gasteiger charge is -2.09. The molecule has 0 radical (unpaired) electrons. The summed E-state index contributed by atoms with van der Waals surface area (Å²) in [5.41, 5.74) is 3.20. The molecule has 1 rings (SSSR count). The van der Waals surface area contributed by atoms with Gasteiger partial charge in [0, 0.05) is 13.1 Å². The second-order valence-corrected chi connectivity index (χ2v) is 2.55. The van der Waals surface area contributed by atoms with Gasteiger partial charge in [0.25, 0.3) is 0 Å². The molecule has 0 bridgehead atoms. The van der Waals surface area contributed by atoms with Crippen LogP contribution in [-0.2, 0) is 0 Å². The molecule has 1 aliphatic rings. The van der Waals surface area contributed by atoms with E-state index in [-0.39, 0.29) is 0 Å². The van der Waals surface area contributed by atoms with Gasteiger partial charge in [-0.25, -0.2) is 5.01 Å². The largest absolute Gasteiger partial charge is 0.254 e. The number of hydrazine groups is 1. The van der Waals surface area contributed by atoms with Gasteiger partial charge in [0.1, 0.15) is 0 Å². The van der Waals surface area contributed by atoms with Gasteiger partial charge in [-0.1, -0.05) is 12.8 Å². The second-order valence-electron chi connectivity index (χ2n) is 2.55. The molecule has 0 aromatic heterocycles. The molecule has 0 aliphatic carbocycles. The molecule has 0 amide bonds. The van der Waals surface area contributed by atoms with E-state index in [4.69, 9.17) is 6.42 Å². The summed E-state index contributed by atoms with van der Waals surface area (Å²) in [6, 6.07) is 0. The van der Waals surface area contributed by atoms with Gasteiger partial charge < -0.3 is 0 Å². The molecule has 1 saturated heterocycles. The lowest BCUT2D eigenvalue weighted by atomic mass is 10.2. The van der Waals surface area contributed by atoms with Crippen molar-refractivity contribution in [2.45, 2.75) is 6.92 Å². The maximum absolute atomic E-state index is 5.12. The maximum atomic E-state index is 5.12. The van der Waals surface area contributed by atoms with E-state index in [2.05, 4.69) is 23.3 Å². The molecule has 1 fully saturated rings. The van der Waals surface area contributed by atoms with Crippen molar-refractivity contribution in [3.05, 3.63) is 0 Å². The molecule has 0 saturated carbocycles. The smallest absolute Gasteiger partial charge is 0.0740 e. The molecule has 1 N–H and O–H groups in total. The molecule has 2 heteroatoms. The first-order valence-electron chi connectivity index (χ1n) is 3.25. The Bertz CT molecular complexity index is 125. The molecule has 1 aliphatic heterocycles. The fourth-order valence-corrected chi connectivity index (χ4v) is 1.02. The first-order valence-corrected chi connectivity index (χ1v) is 3.25. The van der Waals surface area contributed by atoms with Crippen LogP contribution in [0.4, 0.5) is 0 Å². The highest BCUT2D eigenvalue weighted by molar-refractivity contribution is 4.88. The Balaban J connectivity index is 2.24. The summed E-state index contributed by atoms with van der Waals surface area (Å²) in [5.74, 6) is 3.34. The minimum atomic E-state index is 0.727. The van der Waals surface area contributed by atoms with Crippen molar-refractivity contribution in [1.29, 1.82) is 0 Å². The van der Waals surface area contributed by atoms with Gasteiger partial charge in [0.15, 0.2) is 0 Å². The molecule has 9 heavy (non-hydrogen) atoms. The van der Waals surface area contributed by atoms with Crippen LogP contribution in [-0.4, -0.2) is 24.6 Å². The summed E-state index contributed by atoms with van der Waals surface area (Å²) >= 11 is 0. The van der Waals surface area contributed by atoms with E-state index >= 15 is 0 Å². The molecule has 1 atom stereocenters. The Hall–Kier alpha value is -0.520. The lowest BCUT2D eigenvalue weighted by molar-refractivity contribution is 0.283. The fraction of sp³-hybridized carbons (Fsp3) is 0.714. The fourth-order valence-electron chi connectivity index (χ4n) is 1.02. The van der Waals surface area contributed by atoms with Crippen LogP contribution in [0, 0.1) is 18.3 Å². The number of nitrogens with zero attached hydrogens (tertiary/aromatic N) is 1. The lowest BCUT2D eigenvalue weighted by Crippen LogP contribution is -2.30. The Kier molecular flexibility index (Phi) is 2.10. The van der Waals surface area contributed by atoms with Crippen molar-refractivity contribution >= 4 is 0 Å². The summed E-state index contributed by atoms with van der Waals surface area (Å²) in [6.45, 7) is 5.10. The minimum Gasteiger partial charge on any atom is -0.254 e. The van der Waals surface area contributed by atoms with Crippen molar-refractivity contribution < 1.29 is 0 Å². The van der Waals surface area contributed by atoms with Gasteiger partial charge in [-0.2, -0.15) is 0 Å². The Morgan fingerprint density at radius 1 is 1.89 bits per heavy atom. The van der Waals surface area contributed by atoms with Crippen LogP contribution < -0.4 is 5.43 Å². The minimum absolute atomic E-state index is 0.727. The summed E-state index contributed by atoms with van der Waals surface area (Å²) in [7, 11) is 0. The quantitative estimate of drug-likeness (QED) is 0.498. The molecule has 2 nitrogen and oxygen atoms in total. The van der Waals surface area contributed by atoms with Gasteiger partial charge in [0.05, 0.1) is 6.54 Å². The van der Waals surface area contributed by atoms with Crippen LogP contribution in [0.2, 0.25) is 0 Å². The third kappa shape index (κ3) is 1.70. The molecule has 0 spiro atoms. The maximum Gasteiger partial charge on any atom is 0.0740 e. The van der Waals surface area contributed by atoms with E-state index in [1.54, 1.807) is 0 Å². The molecule has 0 aromatic rings. The Labute approximate surface area is 56.2 Å². The van der Waals surface area contributed by atoms with E-state index in [9.17, 15) is 0 Å². The average molecular weight is 124 g/mol. The number of hydrogen-bond acceptors (Lipinski definition) is 2. The van der Waals surface area contributed by atoms with Crippen molar-refractivity contribution in [3.63, 3.8) is 0 Å². The first kappa shape index (κ1) is 6.60. The monoisotopic (exact) mass is 124 g/mol. The van der Waals surface area contributed by atoms with Crippen molar-refractivity contribution in [2.75, 3.05) is 19.6 Å². The van der Waals surface area contributed by atoms with E-state index in [0.717, 1.165) is 25.6 Å². The highest BCUT2D eigenvalue weighted by Gasteiger charge is 2.15. The third-order valence-electron chi connectivity index (χ3n) is 1.48. The van der Waals surface area contributed by atoms with Crippen molar-refractivity contribution in [2.24, 2.45) is 5.92 Å². The van der Waals surface area contributed by atoms with E-state index in [1.807, 2.05) is 0 Å². The summed E-state index contributed by atoms with van der Waals surface area (Å²) < 4.78 is 0. The van der Waals surface area contributed by atoms with E-state index in [1.165, 1.54) is 0 Å². The number of nitrogens with one attached hydrogen (secondary N) is 1. The third-order valence-corrected chi connectivity index (χ3v) is 1.48. The molecule has 0 aromatic carbocycles. The predicted molar refractivity (Wildman–Crippen MR) is 37.6 cm³/mol. The summed E-state index contributed by atoms with van der Waals surface area (Å²) in [6.07, 6.45) is 5.12. The highest BCUT2D eigenvalue weighted by atomic mass is 15.5. The highest BCUT2D eigenvalue weighted by Crippen LogP contribution is 2.02. The Morgan fingerprint density at radius 2 is 2.67 bits per heavy atom. The first-order chi connectivity index (χ1) is 4.33. The molecular formula is C7H12N2. The summed E-state index contributed by atoms with van der Waals surface area (Å²) in [4.78, 5) is 0. The van der Waals surface area contributed by atoms with Crippen LogP contribution in [0.5, 0.6) is 0 Å². The van der Waals surface area contributed by atoms with E-state index in [0.29, 0.717) is 0 Å². The zero-order valence-corrected chi connectivity index (χ0v) is 5.72. The van der Waals surface area contributed by atoms with Gasteiger partial charge in [-0.05, 0) is 5.92 Å². The van der Waals surface area contributed by atoms with Crippen LogP contribution >= 0.6 is 0 Å². The normalized spacial score (nSPS) is 28.2. The molecule has 1 heterocycles. The second kappa shape index (κ2) is 2.86. The zero-order chi connectivity index (χ0) is 6.69. The Morgan fingerprint density at radius 3 is 3.11 bits per heavy atom. The molecular weight excluding hydrogens is 112 g/mol. The van der Waals surface area contributed by atoms with Crippen LogP contribution in [0.1, 0.15) is 6.92 Å². The molecule has 50 valence electrons. The SMILES string of the molecule is C#CCN1CC(C)CN1. The van der Waals surface area contributed by atoms with Crippen LogP contribution in [0.3, 0.4) is 0 Å². The van der Waals surface area contributed by atoms with Crippen molar-refractivity contribution in [1.82, 2.24) is 10.4 Å². The van der Waals surface area contributed by atoms with Crippen LogP contribution in [0.15, 0.2) is 0 Å². The summed E-state index contributed by atoms with van der Waals surface area (Å²) in [5, 5.41) is 2.07. The topological polar surface area (TPSA) is 15.3 Å². The zero-order valence-electron chi connectivity index (χ0n) is 5.72. The van der Waals surface area contributed by atoms with Crippen LogP contribution in [0.25, 0.3) is 0 Å². The van der Waals surface area contributed by atoms with Gasteiger partial charge in [-0.3, -0.25) is 5.43 Å². The standard InChI is InChI=1S/C7H12N2/c1-3-4-9-6-7(2)5-8-9/h1,7-8H,4-6H2,2H3. The number of hydrogen-bond donors (Lipinski definition) is 1. The average Bonchev–Trinajstić information content (AvgIpc) is 2.17.